The lowest BCUT2D eigenvalue weighted by molar-refractivity contribution is 0.0523. The molecule has 0 fully saturated rings. The fourth-order valence-corrected chi connectivity index (χ4v) is 2.40. The third-order valence-electron chi connectivity index (χ3n) is 3.51. The van der Waals surface area contributed by atoms with Crippen molar-refractivity contribution in [2.24, 2.45) is 0 Å². The van der Waals surface area contributed by atoms with Crippen LogP contribution in [0.3, 0.4) is 0 Å². The summed E-state index contributed by atoms with van der Waals surface area (Å²) in [7, 11) is 0. The van der Waals surface area contributed by atoms with E-state index in [0.717, 1.165) is 11.3 Å². The van der Waals surface area contributed by atoms with Crippen LogP contribution in [0, 0.1) is 6.92 Å². The Labute approximate surface area is 134 Å². The summed E-state index contributed by atoms with van der Waals surface area (Å²) in [5.74, 6) is -0.127. The average molecular weight is 310 g/mol. The summed E-state index contributed by atoms with van der Waals surface area (Å²) in [6.45, 7) is 4.35. The first-order valence-corrected chi connectivity index (χ1v) is 7.53. The van der Waals surface area contributed by atoms with Gasteiger partial charge in [-0.2, -0.15) is 0 Å². The Morgan fingerprint density at radius 2 is 1.91 bits per heavy atom. The normalized spacial score (nSPS) is 10.7. The van der Waals surface area contributed by atoms with E-state index in [2.05, 4.69) is 5.10 Å². The highest BCUT2D eigenvalue weighted by molar-refractivity contribution is 5.99. The minimum atomic E-state index is -0.420. The van der Waals surface area contributed by atoms with Gasteiger partial charge in [0, 0.05) is 5.69 Å². The van der Waals surface area contributed by atoms with Crippen LogP contribution in [0.15, 0.2) is 48.5 Å². The van der Waals surface area contributed by atoms with Crippen molar-refractivity contribution in [3.05, 3.63) is 65.4 Å². The third-order valence-corrected chi connectivity index (χ3v) is 3.51. The fraction of sp³-hybridized carbons (Fsp3) is 0.222. The maximum atomic E-state index is 12.3. The maximum absolute atomic E-state index is 12.3. The average Bonchev–Trinajstić information content (AvgIpc) is 2.94. The number of ether oxygens (including phenoxy) is 2. The Bertz CT molecular complexity index is 825. The van der Waals surface area contributed by atoms with E-state index >= 15 is 0 Å². The van der Waals surface area contributed by atoms with Crippen molar-refractivity contribution in [2.45, 2.75) is 20.5 Å². The second-order valence-corrected chi connectivity index (χ2v) is 5.14. The van der Waals surface area contributed by atoms with Gasteiger partial charge >= 0.3 is 5.97 Å². The van der Waals surface area contributed by atoms with E-state index < -0.39 is 5.97 Å². The highest BCUT2D eigenvalue weighted by Gasteiger charge is 2.23. The van der Waals surface area contributed by atoms with Crippen molar-refractivity contribution in [2.75, 3.05) is 6.61 Å². The van der Waals surface area contributed by atoms with E-state index in [1.165, 1.54) is 0 Å². The van der Waals surface area contributed by atoms with Crippen molar-refractivity contribution in [3.8, 4) is 5.88 Å². The number of carbonyl (C=O) groups excluding carboxylic acids is 1. The Hall–Kier alpha value is -2.82. The summed E-state index contributed by atoms with van der Waals surface area (Å²) in [5.41, 5.74) is 2.98. The third kappa shape index (κ3) is 3.04. The molecule has 5 heteroatoms. The van der Waals surface area contributed by atoms with Gasteiger partial charge in [0.1, 0.15) is 12.2 Å². The maximum Gasteiger partial charge on any atom is 0.345 e. The standard InChI is InChI=1S/C18H18N2O3/c1-3-22-18(21)16-15-11-7-8-13(2)20(15)19-17(16)23-12-14-9-5-4-6-10-14/h4-11H,3,12H2,1-2H3. The van der Waals surface area contributed by atoms with Crippen LogP contribution in [-0.2, 0) is 11.3 Å². The number of hydrogen-bond donors (Lipinski definition) is 0. The topological polar surface area (TPSA) is 52.8 Å². The lowest BCUT2D eigenvalue weighted by Crippen LogP contribution is -2.07. The van der Waals surface area contributed by atoms with Crippen molar-refractivity contribution in [1.29, 1.82) is 0 Å². The minimum Gasteiger partial charge on any atom is -0.471 e. The van der Waals surface area contributed by atoms with E-state index in [-0.39, 0.29) is 0 Å². The molecule has 0 spiro atoms. The van der Waals surface area contributed by atoms with Crippen LogP contribution < -0.4 is 4.74 Å². The molecular weight excluding hydrogens is 292 g/mol. The highest BCUT2D eigenvalue weighted by Crippen LogP contribution is 2.25. The number of carbonyl (C=O) groups is 1. The minimum absolute atomic E-state index is 0.293. The van der Waals surface area contributed by atoms with Gasteiger partial charge in [0.15, 0.2) is 0 Å². The number of esters is 1. The second-order valence-electron chi connectivity index (χ2n) is 5.14. The number of rotatable bonds is 5. The summed E-state index contributed by atoms with van der Waals surface area (Å²) in [6.07, 6.45) is 0. The molecule has 0 amide bonds. The predicted molar refractivity (Wildman–Crippen MR) is 86.7 cm³/mol. The van der Waals surface area contributed by atoms with Gasteiger partial charge < -0.3 is 9.47 Å². The molecule has 0 unspecified atom stereocenters. The van der Waals surface area contributed by atoms with Crippen LogP contribution in [0.25, 0.3) is 5.52 Å². The van der Waals surface area contributed by atoms with Crippen molar-refractivity contribution in [1.82, 2.24) is 9.61 Å². The van der Waals surface area contributed by atoms with Gasteiger partial charge in [-0.05, 0) is 31.5 Å². The van der Waals surface area contributed by atoms with Crippen LogP contribution in [0.1, 0.15) is 28.5 Å². The Kier molecular flexibility index (Phi) is 4.28. The zero-order valence-corrected chi connectivity index (χ0v) is 13.2. The highest BCUT2D eigenvalue weighted by atomic mass is 16.5. The number of nitrogens with zero attached hydrogens (tertiary/aromatic N) is 2. The van der Waals surface area contributed by atoms with Crippen molar-refractivity contribution in [3.63, 3.8) is 0 Å². The van der Waals surface area contributed by atoms with Crippen molar-refractivity contribution < 1.29 is 14.3 Å². The van der Waals surface area contributed by atoms with Gasteiger partial charge in [-0.15, -0.1) is 5.10 Å². The van der Waals surface area contributed by atoms with Crippen LogP contribution in [0.2, 0.25) is 0 Å². The second kappa shape index (κ2) is 6.52. The molecule has 5 nitrogen and oxygen atoms in total. The monoisotopic (exact) mass is 310 g/mol. The SMILES string of the molecule is CCOC(=O)c1c(OCc2ccccc2)nn2c(C)cccc12. The summed E-state index contributed by atoms with van der Waals surface area (Å²) in [5, 5.41) is 4.42. The van der Waals surface area contributed by atoms with Gasteiger partial charge in [-0.3, -0.25) is 0 Å². The number of fused-ring (bicyclic) bond motifs is 1. The van der Waals surface area contributed by atoms with E-state index in [1.54, 1.807) is 11.4 Å². The lowest BCUT2D eigenvalue weighted by atomic mass is 10.2. The molecule has 0 aliphatic carbocycles. The molecule has 2 heterocycles. The molecule has 118 valence electrons. The Balaban J connectivity index is 1.99. The molecule has 3 rings (SSSR count). The number of aromatic nitrogens is 2. The quantitative estimate of drug-likeness (QED) is 0.678. The molecule has 0 saturated carbocycles. The Morgan fingerprint density at radius 3 is 2.65 bits per heavy atom. The zero-order chi connectivity index (χ0) is 16.2. The first kappa shape index (κ1) is 15.1. The van der Waals surface area contributed by atoms with Gasteiger partial charge in [0.2, 0.25) is 5.88 Å². The summed E-state index contributed by atoms with van der Waals surface area (Å²) in [4.78, 5) is 12.3. The van der Waals surface area contributed by atoms with Crippen LogP contribution in [-0.4, -0.2) is 22.2 Å². The van der Waals surface area contributed by atoms with Gasteiger partial charge in [-0.1, -0.05) is 36.4 Å². The summed E-state index contributed by atoms with van der Waals surface area (Å²) >= 11 is 0. The van der Waals surface area contributed by atoms with E-state index in [9.17, 15) is 4.79 Å². The number of benzene rings is 1. The molecule has 2 aromatic heterocycles. The number of pyridine rings is 1. The lowest BCUT2D eigenvalue weighted by Gasteiger charge is -2.05. The molecule has 0 saturated heterocycles. The van der Waals surface area contributed by atoms with E-state index in [4.69, 9.17) is 9.47 Å². The summed E-state index contributed by atoms with van der Waals surface area (Å²) in [6, 6.07) is 15.4. The number of aryl methyl sites for hydroxylation is 1. The van der Waals surface area contributed by atoms with Gasteiger partial charge in [0.25, 0.3) is 0 Å². The molecule has 0 atom stereocenters. The molecule has 23 heavy (non-hydrogen) atoms. The van der Waals surface area contributed by atoms with Gasteiger partial charge in [0.05, 0.1) is 12.1 Å². The Morgan fingerprint density at radius 1 is 1.13 bits per heavy atom. The first-order valence-electron chi connectivity index (χ1n) is 7.53. The summed E-state index contributed by atoms with van der Waals surface area (Å²) < 4.78 is 12.7. The van der Waals surface area contributed by atoms with Crippen molar-refractivity contribution >= 4 is 11.5 Å². The molecule has 0 N–H and O–H groups in total. The molecule has 1 aromatic carbocycles. The number of hydrogen-bond acceptors (Lipinski definition) is 4. The molecule has 0 aliphatic heterocycles. The van der Waals surface area contributed by atoms with E-state index in [1.807, 2.05) is 55.5 Å². The van der Waals surface area contributed by atoms with Gasteiger partial charge in [-0.25, -0.2) is 9.31 Å². The first-order chi connectivity index (χ1) is 11.2. The molecule has 3 aromatic rings. The predicted octanol–water partition coefficient (Wildman–Crippen LogP) is 3.40. The van der Waals surface area contributed by atoms with E-state index in [0.29, 0.717) is 30.2 Å². The van der Waals surface area contributed by atoms with Crippen LogP contribution in [0.5, 0.6) is 5.88 Å². The molecule has 0 aliphatic rings. The molecular formula is C18H18N2O3. The van der Waals surface area contributed by atoms with Crippen LogP contribution in [0.4, 0.5) is 0 Å². The molecule has 0 bridgehead atoms. The fourth-order valence-electron chi connectivity index (χ4n) is 2.40. The van der Waals surface area contributed by atoms with Crippen LogP contribution >= 0.6 is 0 Å². The smallest absolute Gasteiger partial charge is 0.345 e. The largest absolute Gasteiger partial charge is 0.471 e. The zero-order valence-electron chi connectivity index (χ0n) is 13.2. The molecule has 0 radical (unpaired) electrons.